The van der Waals surface area contributed by atoms with E-state index in [4.69, 9.17) is 23.2 Å². The van der Waals surface area contributed by atoms with Crippen LogP contribution in [0.25, 0.3) is 0 Å². The number of amides is 1. The number of nitrogens with zero attached hydrogens (tertiary/aromatic N) is 2. The number of hydrogen-bond donors (Lipinski definition) is 0. The summed E-state index contributed by atoms with van der Waals surface area (Å²) in [4.78, 5) is 17.2. The highest BCUT2D eigenvalue weighted by molar-refractivity contribution is 6.42. The predicted octanol–water partition coefficient (Wildman–Crippen LogP) is 6.25. The highest BCUT2D eigenvalue weighted by atomic mass is 35.5. The molecule has 1 heterocycles. The van der Waals surface area contributed by atoms with Gasteiger partial charge in [-0.2, -0.15) is 0 Å². The van der Waals surface area contributed by atoms with Crippen LogP contribution in [-0.4, -0.2) is 42.4 Å². The van der Waals surface area contributed by atoms with Crippen molar-refractivity contribution in [3.63, 3.8) is 0 Å². The molecule has 0 aliphatic carbocycles. The smallest absolute Gasteiger partial charge is 0.227 e. The van der Waals surface area contributed by atoms with Gasteiger partial charge in [-0.15, -0.1) is 0 Å². The molecule has 0 spiro atoms. The Morgan fingerprint density at radius 1 is 1.03 bits per heavy atom. The monoisotopic (exact) mass is 434 g/mol. The lowest BCUT2D eigenvalue weighted by Crippen LogP contribution is -2.39. The first-order valence-electron chi connectivity index (χ1n) is 10.4. The predicted molar refractivity (Wildman–Crippen MR) is 124 cm³/mol. The Morgan fingerprint density at radius 3 is 2.24 bits per heavy atom. The Kier molecular flexibility index (Phi) is 9.99. The minimum atomic E-state index is 0.0459. The molecule has 2 aromatic carbocycles. The lowest BCUT2D eigenvalue weighted by atomic mass is 10.0. The second kappa shape index (κ2) is 12.2. The normalized spacial score (nSPS) is 14.8. The van der Waals surface area contributed by atoms with Gasteiger partial charge in [0.25, 0.3) is 0 Å². The Hall–Kier alpha value is -1.55. The van der Waals surface area contributed by atoms with Crippen LogP contribution in [0.1, 0.15) is 50.3 Å². The molecule has 158 valence electrons. The van der Waals surface area contributed by atoms with E-state index < -0.39 is 0 Å². The average molecular weight is 435 g/mol. The highest BCUT2D eigenvalue weighted by Crippen LogP contribution is 2.26. The molecule has 0 aromatic heterocycles. The molecular formula is C24H32Cl2N2O. The number of rotatable bonds is 6. The summed E-state index contributed by atoms with van der Waals surface area (Å²) in [5.41, 5.74) is 2.05. The number of carbonyl (C=O) groups excluding carboxylic acids is 1. The van der Waals surface area contributed by atoms with Crippen molar-refractivity contribution in [2.75, 3.05) is 26.7 Å². The zero-order valence-corrected chi connectivity index (χ0v) is 19.2. The summed E-state index contributed by atoms with van der Waals surface area (Å²) in [5, 5.41) is 0.990. The number of carbonyl (C=O) groups is 1. The molecule has 1 atom stereocenters. The van der Waals surface area contributed by atoms with Crippen molar-refractivity contribution < 1.29 is 4.79 Å². The van der Waals surface area contributed by atoms with E-state index in [9.17, 15) is 4.79 Å². The molecule has 5 heteroatoms. The van der Waals surface area contributed by atoms with Gasteiger partial charge in [-0.3, -0.25) is 4.79 Å². The van der Waals surface area contributed by atoms with Crippen LogP contribution in [0.2, 0.25) is 10.0 Å². The molecule has 3 rings (SSSR count). The van der Waals surface area contributed by atoms with Crippen LogP contribution in [0.3, 0.4) is 0 Å². The van der Waals surface area contributed by atoms with Crippen LogP contribution in [0, 0.1) is 0 Å². The van der Waals surface area contributed by atoms with Crippen LogP contribution in [0.15, 0.2) is 48.5 Å². The third-order valence-electron chi connectivity index (χ3n) is 5.01. The molecule has 1 unspecified atom stereocenters. The van der Waals surface area contributed by atoms with E-state index in [2.05, 4.69) is 30.9 Å². The molecule has 3 nitrogen and oxygen atoms in total. The Balaban J connectivity index is 0.000000941. The van der Waals surface area contributed by atoms with E-state index in [0.717, 1.165) is 25.2 Å². The van der Waals surface area contributed by atoms with Gasteiger partial charge in [0.1, 0.15) is 0 Å². The maximum Gasteiger partial charge on any atom is 0.227 e. The molecule has 1 amide bonds. The maximum atomic E-state index is 12.9. The molecule has 0 N–H and O–H groups in total. The van der Waals surface area contributed by atoms with Crippen LogP contribution >= 0.6 is 23.2 Å². The van der Waals surface area contributed by atoms with E-state index in [1.165, 1.54) is 24.8 Å². The maximum absolute atomic E-state index is 12.9. The molecule has 0 radical (unpaired) electrons. The number of likely N-dealkylation sites (N-methyl/N-ethyl adjacent to an activating group) is 1. The van der Waals surface area contributed by atoms with Crippen molar-refractivity contribution in [3.05, 3.63) is 69.7 Å². The van der Waals surface area contributed by atoms with E-state index in [1.54, 1.807) is 12.1 Å². The lowest BCUT2D eigenvalue weighted by Gasteiger charge is -2.32. The standard InChI is InChI=1S/C21H24Cl2N2O.C3H8/c1-24(21(26)14-16-9-10-18(22)19(23)13-16)20(15-25-11-5-6-12-25)17-7-3-2-4-8-17;1-3-2/h2-4,7-10,13,20H,5-6,11-12,14-15H2,1H3;3H2,1-2H3. The first-order valence-corrected chi connectivity index (χ1v) is 11.2. The number of likely N-dealkylation sites (tertiary alicyclic amines) is 1. The van der Waals surface area contributed by atoms with Crippen molar-refractivity contribution in [2.24, 2.45) is 0 Å². The molecule has 0 saturated carbocycles. The highest BCUT2D eigenvalue weighted by Gasteiger charge is 2.25. The molecule has 1 saturated heterocycles. The topological polar surface area (TPSA) is 23.6 Å². The molecule has 0 bridgehead atoms. The summed E-state index contributed by atoms with van der Waals surface area (Å²) < 4.78 is 0. The van der Waals surface area contributed by atoms with Crippen molar-refractivity contribution >= 4 is 29.1 Å². The number of halogens is 2. The second-order valence-corrected chi connectivity index (χ2v) is 8.39. The Bertz CT molecular complexity index is 761. The zero-order valence-electron chi connectivity index (χ0n) is 17.7. The number of hydrogen-bond acceptors (Lipinski definition) is 2. The molecule has 1 fully saturated rings. The largest absolute Gasteiger partial charge is 0.337 e. The lowest BCUT2D eigenvalue weighted by molar-refractivity contribution is -0.131. The number of benzene rings is 2. The van der Waals surface area contributed by atoms with Crippen LogP contribution < -0.4 is 0 Å². The van der Waals surface area contributed by atoms with Crippen molar-refractivity contribution in [1.82, 2.24) is 9.80 Å². The first-order chi connectivity index (χ1) is 14.0. The van der Waals surface area contributed by atoms with E-state index >= 15 is 0 Å². The van der Waals surface area contributed by atoms with E-state index in [-0.39, 0.29) is 11.9 Å². The zero-order chi connectivity index (χ0) is 21.2. The fourth-order valence-corrected chi connectivity index (χ4v) is 3.78. The van der Waals surface area contributed by atoms with Gasteiger partial charge in [0.15, 0.2) is 0 Å². The summed E-state index contributed by atoms with van der Waals surface area (Å²) in [5.74, 6) is 0.0800. The van der Waals surface area contributed by atoms with Gasteiger partial charge in [0.2, 0.25) is 5.91 Å². The summed E-state index contributed by atoms with van der Waals surface area (Å²) in [6.07, 6.45) is 4.04. The molecule has 1 aliphatic heterocycles. The molecule has 1 aliphatic rings. The van der Waals surface area contributed by atoms with Gasteiger partial charge in [0.05, 0.1) is 22.5 Å². The SMILES string of the molecule is CCC.CN(C(=O)Cc1ccc(Cl)c(Cl)c1)C(CN1CCCC1)c1ccccc1. The minimum Gasteiger partial charge on any atom is -0.337 e. The summed E-state index contributed by atoms with van der Waals surface area (Å²) >= 11 is 12.1. The summed E-state index contributed by atoms with van der Waals surface area (Å²) in [6.45, 7) is 7.34. The van der Waals surface area contributed by atoms with Crippen LogP contribution in [0.5, 0.6) is 0 Å². The van der Waals surface area contributed by atoms with Crippen molar-refractivity contribution in [2.45, 2.75) is 45.6 Å². The van der Waals surface area contributed by atoms with Crippen LogP contribution in [-0.2, 0) is 11.2 Å². The Labute approximate surface area is 185 Å². The van der Waals surface area contributed by atoms with E-state index in [1.807, 2.05) is 36.2 Å². The first kappa shape index (κ1) is 23.7. The van der Waals surface area contributed by atoms with Gasteiger partial charge >= 0.3 is 0 Å². The van der Waals surface area contributed by atoms with Crippen LogP contribution in [0.4, 0.5) is 0 Å². The van der Waals surface area contributed by atoms with E-state index in [0.29, 0.717) is 16.5 Å². The molecule has 29 heavy (non-hydrogen) atoms. The third-order valence-corrected chi connectivity index (χ3v) is 5.75. The quantitative estimate of drug-likeness (QED) is 0.536. The third kappa shape index (κ3) is 7.33. The summed E-state index contributed by atoms with van der Waals surface area (Å²) in [7, 11) is 1.90. The van der Waals surface area contributed by atoms with Gasteiger partial charge < -0.3 is 9.80 Å². The van der Waals surface area contributed by atoms with Gasteiger partial charge in [0, 0.05) is 13.6 Å². The minimum absolute atomic E-state index is 0.0459. The molecular weight excluding hydrogens is 403 g/mol. The average Bonchev–Trinajstić information content (AvgIpc) is 3.23. The second-order valence-electron chi connectivity index (χ2n) is 7.57. The summed E-state index contributed by atoms with van der Waals surface area (Å²) in [6, 6.07) is 15.7. The Morgan fingerprint density at radius 2 is 1.66 bits per heavy atom. The fraction of sp³-hybridized carbons (Fsp3) is 0.458. The van der Waals surface area contributed by atoms with Gasteiger partial charge in [-0.1, -0.05) is 79.9 Å². The molecule has 2 aromatic rings. The van der Waals surface area contributed by atoms with Crippen molar-refractivity contribution in [1.29, 1.82) is 0 Å². The fourth-order valence-electron chi connectivity index (χ4n) is 3.46. The van der Waals surface area contributed by atoms with Gasteiger partial charge in [-0.05, 0) is 49.2 Å². The van der Waals surface area contributed by atoms with Crippen molar-refractivity contribution in [3.8, 4) is 0 Å². The van der Waals surface area contributed by atoms with Gasteiger partial charge in [-0.25, -0.2) is 0 Å².